The van der Waals surface area contributed by atoms with Crippen molar-refractivity contribution in [2.45, 2.75) is 38.0 Å². The van der Waals surface area contributed by atoms with E-state index >= 15 is 0 Å². The van der Waals surface area contributed by atoms with Crippen LogP contribution in [0.5, 0.6) is 5.75 Å². The molecule has 1 aliphatic rings. The Morgan fingerprint density at radius 3 is 2.31 bits per heavy atom. The van der Waals surface area contributed by atoms with Crippen LogP contribution in [-0.2, 0) is 10.0 Å². The van der Waals surface area contributed by atoms with E-state index < -0.39 is 10.0 Å². The summed E-state index contributed by atoms with van der Waals surface area (Å²) >= 11 is 0. The SMILES string of the molecule is CCCCCNC(=O)N1CCN(S(=O)(=O)c2ccc(OCC)cc2)CC1. The maximum Gasteiger partial charge on any atom is 0.317 e. The number of rotatable bonds is 8. The molecule has 0 bridgehead atoms. The van der Waals surface area contributed by atoms with E-state index in [-0.39, 0.29) is 10.9 Å². The Bertz CT molecular complexity index is 668. The Morgan fingerprint density at radius 1 is 1.08 bits per heavy atom. The zero-order chi connectivity index (χ0) is 19.0. The third-order valence-corrected chi connectivity index (χ3v) is 6.27. The Balaban J connectivity index is 1.88. The molecule has 1 aliphatic heterocycles. The van der Waals surface area contributed by atoms with Gasteiger partial charge in [0.1, 0.15) is 5.75 Å². The van der Waals surface area contributed by atoms with Gasteiger partial charge in [0, 0.05) is 32.7 Å². The Labute approximate surface area is 156 Å². The zero-order valence-corrected chi connectivity index (χ0v) is 16.4. The van der Waals surface area contributed by atoms with Crippen molar-refractivity contribution in [3.8, 4) is 5.75 Å². The molecule has 0 radical (unpaired) electrons. The molecule has 1 saturated heterocycles. The van der Waals surface area contributed by atoms with E-state index in [1.54, 1.807) is 29.2 Å². The fourth-order valence-electron chi connectivity index (χ4n) is 2.84. The van der Waals surface area contributed by atoms with Crippen LogP contribution in [-0.4, -0.2) is 63.0 Å². The predicted octanol–water partition coefficient (Wildman–Crippen LogP) is 2.29. The summed E-state index contributed by atoms with van der Waals surface area (Å²) in [6.07, 6.45) is 3.17. The van der Waals surface area contributed by atoms with Crippen molar-refractivity contribution in [1.29, 1.82) is 0 Å². The van der Waals surface area contributed by atoms with E-state index in [0.29, 0.717) is 45.1 Å². The Hall–Kier alpha value is -1.80. The highest BCUT2D eigenvalue weighted by molar-refractivity contribution is 7.89. The molecule has 1 aromatic carbocycles. The van der Waals surface area contributed by atoms with E-state index in [9.17, 15) is 13.2 Å². The van der Waals surface area contributed by atoms with Gasteiger partial charge in [-0.05, 0) is 37.6 Å². The molecular weight excluding hydrogens is 354 g/mol. The molecule has 7 nitrogen and oxygen atoms in total. The highest BCUT2D eigenvalue weighted by atomic mass is 32.2. The average Bonchev–Trinajstić information content (AvgIpc) is 2.66. The van der Waals surface area contributed by atoms with Gasteiger partial charge in [0.25, 0.3) is 0 Å². The van der Waals surface area contributed by atoms with Crippen molar-refractivity contribution in [3.63, 3.8) is 0 Å². The van der Waals surface area contributed by atoms with Gasteiger partial charge in [-0.3, -0.25) is 0 Å². The molecule has 0 spiro atoms. The fourth-order valence-corrected chi connectivity index (χ4v) is 4.26. The third-order valence-electron chi connectivity index (χ3n) is 4.35. The Morgan fingerprint density at radius 2 is 1.73 bits per heavy atom. The summed E-state index contributed by atoms with van der Waals surface area (Å²) in [5.41, 5.74) is 0. The minimum absolute atomic E-state index is 0.112. The molecule has 2 amide bonds. The molecule has 0 unspecified atom stereocenters. The molecular formula is C18H29N3O4S. The molecule has 146 valence electrons. The Kier molecular flexibility index (Phi) is 7.71. The van der Waals surface area contributed by atoms with Gasteiger partial charge in [-0.25, -0.2) is 13.2 Å². The number of nitrogens with one attached hydrogen (secondary N) is 1. The molecule has 8 heteroatoms. The minimum atomic E-state index is -3.55. The van der Waals surface area contributed by atoms with Crippen LogP contribution in [0.2, 0.25) is 0 Å². The maximum atomic E-state index is 12.7. The topological polar surface area (TPSA) is 79.0 Å². The average molecular weight is 384 g/mol. The number of urea groups is 1. The number of hydrogen-bond donors (Lipinski definition) is 1. The molecule has 1 aromatic rings. The van der Waals surface area contributed by atoms with Crippen LogP contribution in [0.4, 0.5) is 4.79 Å². The molecule has 26 heavy (non-hydrogen) atoms. The van der Waals surface area contributed by atoms with E-state index in [0.717, 1.165) is 19.3 Å². The number of amides is 2. The van der Waals surface area contributed by atoms with Crippen LogP contribution in [0, 0.1) is 0 Å². The first kappa shape index (κ1) is 20.5. The number of nitrogens with zero attached hydrogens (tertiary/aromatic N) is 2. The molecule has 1 fully saturated rings. The third kappa shape index (κ3) is 5.35. The van der Waals surface area contributed by atoms with Crippen LogP contribution >= 0.6 is 0 Å². The van der Waals surface area contributed by atoms with E-state index in [4.69, 9.17) is 4.74 Å². The number of benzene rings is 1. The first-order valence-corrected chi connectivity index (χ1v) is 10.7. The number of ether oxygens (including phenoxy) is 1. The highest BCUT2D eigenvalue weighted by Crippen LogP contribution is 2.20. The fraction of sp³-hybridized carbons (Fsp3) is 0.611. The number of piperazine rings is 1. The molecule has 2 rings (SSSR count). The van der Waals surface area contributed by atoms with Gasteiger partial charge < -0.3 is 15.0 Å². The standard InChI is InChI=1S/C18H29N3O4S/c1-3-5-6-11-19-18(22)20-12-14-21(15-13-20)26(23,24)17-9-7-16(8-10-17)25-4-2/h7-10H,3-6,11-15H2,1-2H3,(H,19,22). The quantitative estimate of drug-likeness (QED) is 0.699. The van der Waals surface area contributed by atoms with E-state index in [2.05, 4.69) is 12.2 Å². The van der Waals surface area contributed by atoms with Crippen LogP contribution < -0.4 is 10.1 Å². The smallest absolute Gasteiger partial charge is 0.317 e. The first-order valence-electron chi connectivity index (χ1n) is 9.24. The van der Waals surface area contributed by atoms with Gasteiger partial charge in [-0.15, -0.1) is 0 Å². The molecule has 0 aromatic heterocycles. The zero-order valence-electron chi connectivity index (χ0n) is 15.6. The summed E-state index contributed by atoms with van der Waals surface area (Å²) in [7, 11) is -3.55. The molecule has 1 N–H and O–H groups in total. The van der Waals surface area contributed by atoms with Crippen molar-refractivity contribution in [3.05, 3.63) is 24.3 Å². The van der Waals surface area contributed by atoms with Crippen molar-refractivity contribution < 1.29 is 17.9 Å². The normalized spacial score (nSPS) is 15.7. The summed E-state index contributed by atoms with van der Waals surface area (Å²) in [4.78, 5) is 14.0. The lowest BCUT2D eigenvalue weighted by Crippen LogP contribution is -2.53. The summed E-state index contributed by atoms with van der Waals surface area (Å²) in [5.74, 6) is 0.649. The minimum Gasteiger partial charge on any atom is -0.494 e. The van der Waals surface area contributed by atoms with Crippen molar-refractivity contribution >= 4 is 16.1 Å². The molecule has 0 saturated carbocycles. The second kappa shape index (κ2) is 9.78. The van der Waals surface area contributed by atoms with Crippen molar-refractivity contribution in [1.82, 2.24) is 14.5 Å². The largest absolute Gasteiger partial charge is 0.494 e. The lowest BCUT2D eigenvalue weighted by molar-refractivity contribution is 0.172. The van der Waals surface area contributed by atoms with Crippen LogP contribution in [0.1, 0.15) is 33.1 Å². The van der Waals surface area contributed by atoms with E-state index in [1.807, 2.05) is 6.92 Å². The van der Waals surface area contributed by atoms with Gasteiger partial charge in [0.15, 0.2) is 0 Å². The van der Waals surface area contributed by atoms with Gasteiger partial charge in [0.2, 0.25) is 10.0 Å². The maximum absolute atomic E-state index is 12.7. The van der Waals surface area contributed by atoms with Crippen LogP contribution in [0.25, 0.3) is 0 Å². The predicted molar refractivity (Wildman–Crippen MR) is 101 cm³/mol. The second-order valence-electron chi connectivity index (χ2n) is 6.23. The molecule has 0 atom stereocenters. The van der Waals surface area contributed by atoms with Gasteiger partial charge in [0.05, 0.1) is 11.5 Å². The molecule has 1 heterocycles. The number of carbonyl (C=O) groups excluding carboxylic acids is 1. The lowest BCUT2D eigenvalue weighted by atomic mass is 10.2. The summed E-state index contributed by atoms with van der Waals surface area (Å²) in [5, 5.41) is 2.90. The van der Waals surface area contributed by atoms with Crippen LogP contribution in [0.15, 0.2) is 29.2 Å². The van der Waals surface area contributed by atoms with Gasteiger partial charge in [-0.1, -0.05) is 19.8 Å². The van der Waals surface area contributed by atoms with Crippen molar-refractivity contribution in [2.75, 3.05) is 39.3 Å². The lowest BCUT2D eigenvalue weighted by Gasteiger charge is -2.34. The number of sulfonamides is 1. The van der Waals surface area contributed by atoms with Gasteiger partial charge >= 0.3 is 6.03 Å². The number of carbonyl (C=O) groups is 1. The van der Waals surface area contributed by atoms with E-state index in [1.165, 1.54) is 4.31 Å². The molecule has 0 aliphatic carbocycles. The highest BCUT2D eigenvalue weighted by Gasteiger charge is 2.30. The first-order chi connectivity index (χ1) is 12.5. The summed E-state index contributed by atoms with van der Waals surface area (Å²) < 4.78 is 32.3. The van der Waals surface area contributed by atoms with Crippen molar-refractivity contribution in [2.24, 2.45) is 0 Å². The summed E-state index contributed by atoms with van der Waals surface area (Å²) in [6.45, 7) is 6.60. The number of hydrogen-bond acceptors (Lipinski definition) is 4. The monoisotopic (exact) mass is 383 g/mol. The summed E-state index contributed by atoms with van der Waals surface area (Å²) in [6, 6.07) is 6.34. The van der Waals surface area contributed by atoms with Gasteiger partial charge in [-0.2, -0.15) is 4.31 Å². The van der Waals surface area contributed by atoms with Crippen LogP contribution in [0.3, 0.4) is 0 Å². The number of unbranched alkanes of at least 4 members (excludes halogenated alkanes) is 2. The second-order valence-corrected chi connectivity index (χ2v) is 8.17.